The standard InChI is InChI=1S/C11H17NO4S/c1-9-2-4-10(5-3-9)17(15,16)11(8-14)12-6-7-13/h2-5,11-14H,6-8H2,1H3. The van der Waals surface area contributed by atoms with Gasteiger partial charge in [-0.2, -0.15) is 0 Å². The maximum absolute atomic E-state index is 12.1. The van der Waals surface area contributed by atoms with Crippen molar-refractivity contribution in [1.29, 1.82) is 0 Å². The van der Waals surface area contributed by atoms with Crippen LogP contribution in [0.15, 0.2) is 29.2 Å². The summed E-state index contributed by atoms with van der Waals surface area (Å²) in [5, 5.41) is 19.2. The Balaban J connectivity index is 2.95. The summed E-state index contributed by atoms with van der Waals surface area (Å²) in [6, 6.07) is 6.42. The van der Waals surface area contributed by atoms with Crippen molar-refractivity contribution in [2.75, 3.05) is 19.8 Å². The van der Waals surface area contributed by atoms with Crippen LogP contribution in [0.2, 0.25) is 0 Å². The van der Waals surface area contributed by atoms with Crippen LogP contribution in [0.5, 0.6) is 0 Å². The number of hydrogen-bond donors (Lipinski definition) is 3. The first-order chi connectivity index (χ1) is 8.02. The summed E-state index contributed by atoms with van der Waals surface area (Å²) in [5.74, 6) is 0. The summed E-state index contributed by atoms with van der Waals surface area (Å²) in [7, 11) is -3.61. The van der Waals surface area contributed by atoms with Gasteiger partial charge in [0, 0.05) is 6.54 Å². The molecule has 1 unspecified atom stereocenters. The lowest BCUT2D eigenvalue weighted by Crippen LogP contribution is -2.41. The Kier molecular flexibility index (Phi) is 5.07. The van der Waals surface area contributed by atoms with Gasteiger partial charge >= 0.3 is 0 Å². The summed E-state index contributed by atoms with van der Waals surface area (Å²) in [5.41, 5.74) is 0.966. The van der Waals surface area contributed by atoms with Crippen LogP contribution in [-0.2, 0) is 9.84 Å². The number of aliphatic hydroxyl groups is 2. The van der Waals surface area contributed by atoms with Gasteiger partial charge < -0.3 is 10.2 Å². The second kappa shape index (κ2) is 6.11. The topological polar surface area (TPSA) is 86.6 Å². The Morgan fingerprint density at radius 2 is 1.82 bits per heavy atom. The molecule has 0 amide bonds. The smallest absolute Gasteiger partial charge is 0.196 e. The van der Waals surface area contributed by atoms with Gasteiger partial charge in [0.2, 0.25) is 0 Å². The Hall–Kier alpha value is -0.950. The monoisotopic (exact) mass is 259 g/mol. The SMILES string of the molecule is Cc1ccc(S(=O)(=O)C(CO)NCCO)cc1. The van der Waals surface area contributed by atoms with Crippen LogP contribution in [0, 0.1) is 6.92 Å². The van der Waals surface area contributed by atoms with Crippen molar-refractivity contribution in [3.8, 4) is 0 Å². The van der Waals surface area contributed by atoms with E-state index in [1.54, 1.807) is 12.1 Å². The molecule has 1 aromatic carbocycles. The summed E-state index contributed by atoms with van der Waals surface area (Å²) < 4.78 is 24.2. The van der Waals surface area contributed by atoms with Crippen molar-refractivity contribution in [3.05, 3.63) is 29.8 Å². The number of hydrogen-bond acceptors (Lipinski definition) is 5. The number of aryl methyl sites for hydroxylation is 1. The van der Waals surface area contributed by atoms with Crippen LogP contribution >= 0.6 is 0 Å². The quantitative estimate of drug-likeness (QED) is 0.651. The minimum atomic E-state index is -3.61. The predicted octanol–water partition coefficient (Wildman–Crippen LogP) is -0.331. The van der Waals surface area contributed by atoms with Gasteiger partial charge in [-0.25, -0.2) is 8.42 Å². The molecule has 6 heteroatoms. The zero-order valence-corrected chi connectivity index (χ0v) is 10.4. The largest absolute Gasteiger partial charge is 0.395 e. The molecular weight excluding hydrogens is 242 g/mol. The lowest BCUT2D eigenvalue weighted by atomic mass is 10.2. The Morgan fingerprint density at radius 1 is 1.24 bits per heavy atom. The summed E-state index contributed by atoms with van der Waals surface area (Å²) in [6.45, 7) is 1.27. The first-order valence-corrected chi connectivity index (χ1v) is 6.82. The van der Waals surface area contributed by atoms with E-state index in [1.807, 2.05) is 6.92 Å². The van der Waals surface area contributed by atoms with E-state index in [9.17, 15) is 8.42 Å². The van der Waals surface area contributed by atoms with Gasteiger partial charge in [0.25, 0.3) is 0 Å². The summed E-state index contributed by atoms with van der Waals surface area (Å²) in [6.07, 6.45) is 0. The molecule has 17 heavy (non-hydrogen) atoms. The number of benzene rings is 1. The fraction of sp³-hybridized carbons (Fsp3) is 0.455. The predicted molar refractivity (Wildman–Crippen MR) is 64.3 cm³/mol. The Labute approximate surface area is 101 Å². The number of aliphatic hydroxyl groups excluding tert-OH is 2. The van der Waals surface area contributed by atoms with Crippen LogP contribution < -0.4 is 5.32 Å². The Bertz CT molecular complexity index is 441. The minimum absolute atomic E-state index is 0.121. The number of nitrogens with one attached hydrogen (secondary N) is 1. The van der Waals surface area contributed by atoms with Gasteiger partial charge in [-0.3, -0.25) is 5.32 Å². The fourth-order valence-electron chi connectivity index (χ4n) is 1.39. The second-order valence-electron chi connectivity index (χ2n) is 3.71. The molecule has 0 aliphatic carbocycles. The molecule has 0 bridgehead atoms. The third-order valence-electron chi connectivity index (χ3n) is 2.37. The van der Waals surface area contributed by atoms with Gasteiger partial charge in [0.1, 0.15) is 5.37 Å². The summed E-state index contributed by atoms with van der Waals surface area (Å²) >= 11 is 0. The molecule has 0 aliphatic heterocycles. The maximum Gasteiger partial charge on any atom is 0.196 e. The highest BCUT2D eigenvalue weighted by molar-refractivity contribution is 7.92. The molecule has 96 valence electrons. The molecule has 1 rings (SSSR count). The second-order valence-corrected chi connectivity index (χ2v) is 5.84. The molecule has 0 saturated carbocycles. The van der Waals surface area contributed by atoms with E-state index >= 15 is 0 Å². The lowest BCUT2D eigenvalue weighted by molar-refractivity contribution is 0.253. The molecule has 1 aromatic rings. The van der Waals surface area contributed by atoms with Crippen molar-refractivity contribution in [3.63, 3.8) is 0 Å². The Morgan fingerprint density at radius 3 is 2.29 bits per heavy atom. The van der Waals surface area contributed by atoms with E-state index in [4.69, 9.17) is 10.2 Å². The van der Waals surface area contributed by atoms with Crippen LogP contribution in [0.4, 0.5) is 0 Å². The van der Waals surface area contributed by atoms with E-state index in [-0.39, 0.29) is 18.0 Å². The molecule has 0 fully saturated rings. The molecule has 3 N–H and O–H groups in total. The van der Waals surface area contributed by atoms with Crippen molar-refractivity contribution in [2.24, 2.45) is 0 Å². The summed E-state index contributed by atoms with van der Waals surface area (Å²) in [4.78, 5) is 0.160. The first-order valence-electron chi connectivity index (χ1n) is 5.28. The average molecular weight is 259 g/mol. The zero-order valence-electron chi connectivity index (χ0n) is 9.63. The molecule has 0 aromatic heterocycles. The third-order valence-corrected chi connectivity index (χ3v) is 4.37. The zero-order chi connectivity index (χ0) is 12.9. The molecular formula is C11H17NO4S. The van der Waals surface area contributed by atoms with E-state index in [0.29, 0.717) is 0 Å². The molecule has 0 aliphatic rings. The first kappa shape index (κ1) is 14.1. The molecule has 5 nitrogen and oxygen atoms in total. The number of sulfone groups is 1. The van der Waals surface area contributed by atoms with Gasteiger partial charge in [0.05, 0.1) is 18.1 Å². The van der Waals surface area contributed by atoms with Crippen LogP contribution in [0.1, 0.15) is 5.56 Å². The maximum atomic E-state index is 12.1. The van der Waals surface area contributed by atoms with Crippen LogP contribution in [0.3, 0.4) is 0 Å². The van der Waals surface area contributed by atoms with E-state index in [2.05, 4.69) is 5.32 Å². The van der Waals surface area contributed by atoms with Crippen molar-refractivity contribution in [2.45, 2.75) is 17.2 Å². The van der Waals surface area contributed by atoms with E-state index in [1.165, 1.54) is 12.1 Å². The molecule has 0 heterocycles. The molecule has 0 radical (unpaired) electrons. The molecule has 0 saturated heterocycles. The van der Waals surface area contributed by atoms with Crippen molar-refractivity contribution < 1.29 is 18.6 Å². The molecule has 0 spiro atoms. The fourth-order valence-corrected chi connectivity index (χ4v) is 2.77. The normalized spacial score (nSPS) is 13.6. The highest BCUT2D eigenvalue weighted by atomic mass is 32.2. The van der Waals surface area contributed by atoms with E-state index < -0.39 is 21.8 Å². The van der Waals surface area contributed by atoms with Crippen molar-refractivity contribution >= 4 is 9.84 Å². The van der Waals surface area contributed by atoms with Gasteiger partial charge in [-0.15, -0.1) is 0 Å². The highest BCUT2D eigenvalue weighted by Gasteiger charge is 2.25. The van der Waals surface area contributed by atoms with Crippen LogP contribution in [-0.4, -0.2) is 43.8 Å². The van der Waals surface area contributed by atoms with E-state index in [0.717, 1.165) is 5.56 Å². The van der Waals surface area contributed by atoms with Gasteiger partial charge in [-0.1, -0.05) is 17.7 Å². The highest BCUT2D eigenvalue weighted by Crippen LogP contribution is 2.15. The van der Waals surface area contributed by atoms with Crippen LogP contribution in [0.25, 0.3) is 0 Å². The van der Waals surface area contributed by atoms with Crippen molar-refractivity contribution in [1.82, 2.24) is 5.32 Å². The number of rotatable bonds is 6. The third kappa shape index (κ3) is 3.50. The molecule has 1 atom stereocenters. The lowest BCUT2D eigenvalue weighted by Gasteiger charge is -2.16. The van der Waals surface area contributed by atoms with Gasteiger partial charge in [-0.05, 0) is 19.1 Å². The van der Waals surface area contributed by atoms with Gasteiger partial charge in [0.15, 0.2) is 9.84 Å². The minimum Gasteiger partial charge on any atom is -0.395 e. The average Bonchev–Trinajstić information content (AvgIpc) is 2.30.